The van der Waals surface area contributed by atoms with Crippen LogP contribution in [0.4, 0.5) is 5.69 Å². The highest BCUT2D eigenvalue weighted by molar-refractivity contribution is 5.50. The van der Waals surface area contributed by atoms with Crippen molar-refractivity contribution in [2.45, 2.75) is 53.4 Å². The maximum Gasteiger partial charge on any atom is 0.0346 e. The van der Waals surface area contributed by atoms with Crippen LogP contribution in [0.5, 0.6) is 0 Å². The Kier molecular flexibility index (Phi) is 6.41. The number of aromatic nitrogens is 1. The first kappa shape index (κ1) is 17.2. The number of rotatable bonds is 2. The van der Waals surface area contributed by atoms with E-state index in [0.29, 0.717) is 11.8 Å². The number of benzene rings is 1. The molecule has 0 amide bonds. The van der Waals surface area contributed by atoms with Crippen LogP contribution in [0.3, 0.4) is 0 Å². The number of aryl methyl sites for hydroxylation is 1. The molecule has 1 heterocycles. The van der Waals surface area contributed by atoms with E-state index in [2.05, 4.69) is 58.7 Å². The Morgan fingerprint density at radius 1 is 0.905 bits per heavy atom. The van der Waals surface area contributed by atoms with Crippen LogP contribution in [-0.2, 0) is 0 Å². The lowest BCUT2D eigenvalue weighted by Crippen LogP contribution is -1.96. The summed E-state index contributed by atoms with van der Waals surface area (Å²) in [6.45, 7) is 12.9. The monoisotopic (exact) mass is 284 g/mol. The molecule has 0 saturated carbocycles. The zero-order valence-electron chi connectivity index (χ0n) is 14.1. The van der Waals surface area contributed by atoms with E-state index in [1.54, 1.807) is 0 Å². The van der Waals surface area contributed by atoms with E-state index in [4.69, 9.17) is 5.73 Å². The Balaban J connectivity index is 0.000000211. The van der Waals surface area contributed by atoms with Gasteiger partial charge in [-0.1, -0.05) is 39.8 Å². The molecule has 0 aliphatic rings. The molecule has 114 valence electrons. The largest absolute Gasteiger partial charge is 0.399 e. The van der Waals surface area contributed by atoms with E-state index >= 15 is 0 Å². The highest BCUT2D eigenvalue weighted by Gasteiger charge is 2.03. The Bertz CT molecular complexity index is 572. The Labute approximate surface area is 129 Å². The fourth-order valence-corrected chi connectivity index (χ4v) is 2.38. The minimum atomic E-state index is 0.568. The summed E-state index contributed by atoms with van der Waals surface area (Å²) < 4.78 is 0. The Hall–Kier alpha value is -1.83. The molecule has 0 aliphatic heterocycles. The van der Waals surface area contributed by atoms with Crippen LogP contribution in [0.1, 0.15) is 61.8 Å². The number of nitrogens with zero attached hydrogens (tertiary/aromatic N) is 1. The van der Waals surface area contributed by atoms with Gasteiger partial charge in [0.1, 0.15) is 0 Å². The molecule has 2 N–H and O–H groups in total. The second kappa shape index (κ2) is 7.82. The van der Waals surface area contributed by atoms with E-state index in [0.717, 1.165) is 5.69 Å². The molecule has 0 aliphatic carbocycles. The smallest absolute Gasteiger partial charge is 0.0346 e. The van der Waals surface area contributed by atoms with Crippen LogP contribution in [-0.4, -0.2) is 4.98 Å². The summed E-state index contributed by atoms with van der Waals surface area (Å²) in [5.74, 6) is 1.16. The normalized spacial score (nSPS) is 10.5. The van der Waals surface area contributed by atoms with Gasteiger partial charge in [0.05, 0.1) is 0 Å². The molecule has 21 heavy (non-hydrogen) atoms. The van der Waals surface area contributed by atoms with Crippen molar-refractivity contribution >= 4 is 5.69 Å². The average Bonchev–Trinajstić information content (AvgIpc) is 2.42. The molecular formula is C19H28N2. The molecule has 0 radical (unpaired) electrons. The molecule has 0 saturated heterocycles. The van der Waals surface area contributed by atoms with Crippen LogP contribution in [0.2, 0.25) is 0 Å². The van der Waals surface area contributed by atoms with E-state index in [1.165, 1.54) is 22.3 Å². The quantitative estimate of drug-likeness (QED) is 0.768. The van der Waals surface area contributed by atoms with Gasteiger partial charge < -0.3 is 5.73 Å². The molecule has 1 aromatic heterocycles. The number of anilines is 1. The van der Waals surface area contributed by atoms with Crippen LogP contribution < -0.4 is 5.73 Å². The van der Waals surface area contributed by atoms with Gasteiger partial charge in [0.15, 0.2) is 0 Å². The second-order valence-corrected chi connectivity index (χ2v) is 6.10. The Morgan fingerprint density at radius 3 is 1.95 bits per heavy atom. The number of hydrogen-bond donors (Lipinski definition) is 1. The molecule has 2 rings (SSSR count). The lowest BCUT2D eigenvalue weighted by atomic mass is 9.97. The molecule has 2 aromatic rings. The van der Waals surface area contributed by atoms with Crippen LogP contribution in [0.25, 0.3) is 0 Å². The van der Waals surface area contributed by atoms with Crippen LogP contribution in [0, 0.1) is 13.8 Å². The van der Waals surface area contributed by atoms with E-state index in [9.17, 15) is 0 Å². The highest BCUT2D eigenvalue weighted by Crippen LogP contribution is 2.22. The van der Waals surface area contributed by atoms with Crippen molar-refractivity contribution in [3.8, 4) is 0 Å². The van der Waals surface area contributed by atoms with Crippen molar-refractivity contribution in [1.82, 2.24) is 4.98 Å². The average molecular weight is 284 g/mol. The molecule has 0 bridgehead atoms. The SMILES string of the molecule is Cc1c(N)cccc1C(C)C.Cc1ccncc1C(C)C. The van der Waals surface area contributed by atoms with Gasteiger partial charge in [0, 0.05) is 18.1 Å². The summed E-state index contributed by atoms with van der Waals surface area (Å²) in [6.07, 6.45) is 3.78. The first-order chi connectivity index (χ1) is 9.84. The highest BCUT2D eigenvalue weighted by atomic mass is 14.6. The zero-order valence-corrected chi connectivity index (χ0v) is 14.1. The third-order valence-corrected chi connectivity index (χ3v) is 3.74. The van der Waals surface area contributed by atoms with Gasteiger partial charge in [-0.3, -0.25) is 4.98 Å². The first-order valence-corrected chi connectivity index (χ1v) is 7.60. The zero-order chi connectivity index (χ0) is 16.0. The lowest BCUT2D eigenvalue weighted by molar-refractivity contribution is 0.847. The van der Waals surface area contributed by atoms with Crippen molar-refractivity contribution in [1.29, 1.82) is 0 Å². The summed E-state index contributed by atoms with van der Waals surface area (Å²) in [5, 5.41) is 0. The summed E-state index contributed by atoms with van der Waals surface area (Å²) in [4.78, 5) is 4.07. The van der Waals surface area contributed by atoms with E-state index < -0.39 is 0 Å². The first-order valence-electron chi connectivity index (χ1n) is 7.60. The summed E-state index contributed by atoms with van der Waals surface area (Å²) >= 11 is 0. The van der Waals surface area contributed by atoms with Gasteiger partial charge in [0.2, 0.25) is 0 Å². The lowest BCUT2D eigenvalue weighted by Gasteiger charge is -2.10. The van der Waals surface area contributed by atoms with Gasteiger partial charge in [-0.15, -0.1) is 0 Å². The predicted octanol–water partition coefficient (Wildman–Crippen LogP) is 5.21. The second-order valence-electron chi connectivity index (χ2n) is 6.10. The summed E-state index contributed by atoms with van der Waals surface area (Å²) in [5.41, 5.74) is 11.9. The van der Waals surface area contributed by atoms with Crippen molar-refractivity contribution < 1.29 is 0 Å². The number of nitrogen functional groups attached to an aromatic ring is 1. The van der Waals surface area contributed by atoms with Gasteiger partial charge in [-0.25, -0.2) is 0 Å². The third-order valence-electron chi connectivity index (χ3n) is 3.74. The number of pyridine rings is 1. The maximum atomic E-state index is 5.76. The van der Waals surface area contributed by atoms with Crippen molar-refractivity contribution in [2.75, 3.05) is 5.73 Å². The molecule has 2 heteroatoms. The summed E-state index contributed by atoms with van der Waals surface area (Å²) in [6, 6.07) is 8.14. The van der Waals surface area contributed by atoms with Crippen LogP contribution >= 0.6 is 0 Å². The maximum absolute atomic E-state index is 5.76. The third kappa shape index (κ3) is 4.89. The van der Waals surface area contributed by atoms with Crippen molar-refractivity contribution in [2.24, 2.45) is 0 Å². The summed E-state index contributed by atoms with van der Waals surface area (Å²) in [7, 11) is 0. The molecule has 0 unspecified atom stereocenters. The van der Waals surface area contributed by atoms with Gasteiger partial charge >= 0.3 is 0 Å². The van der Waals surface area contributed by atoms with Crippen molar-refractivity contribution in [3.05, 3.63) is 58.9 Å². The van der Waals surface area contributed by atoms with Gasteiger partial charge in [-0.2, -0.15) is 0 Å². The minimum Gasteiger partial charge on any atom is -0.399 e. The van der Waals surface area contributed by atoms with Gasteiger partial charge in [0.25, 0.3) is 0 Å². The number of hydrogen-bond acceptors (Lipinski definition) is 2. The molecule has 0 atom stereocenters. The molecule has 1 aromatic carbocycles. The van der Waals surface area contributed by atoms with Gasteiger partial charge in [-0.05, 0) is 60.1 Å². The molecular weight excluding hydrogens is 256 g/mol. The number of nitrogens with two attached hydrogens (primary N) is 1. The fourth-order valence-electron chi connectivity index (χ4n) is 2.38. The van der Waals surface area contributed by atoms with E-state index in [-0.39, 0.29) is 0 Å². The minimum absolute atomic E-state index is 0.568. The topological polar surface area (TPSA) is 38.9 Å². The Morgan fingerprint density at radius 2 is 1.52 bits per heavy atom. The van der Waals surface area contributed by atoms with Crippen LogP contribution in [0.15, 0.2) is 36.7 Å². The molecule has 0 fully saturated rings. The predicted molar refractivity (Wildman–Crippen MR) is 92.7 cm³/mol. The van der Waals surface area contributed by atoms with E-state index in [1.807, 2.05) is 24.5 Å². The van der Waals surface area contributed by atoms with Crippen molar-refractivity contribution in [3.63, 3.8) is 0 Å². The standard InChI is InChI=1S/C10H15N.C9H13N/c1-7(2)9-5-4-6-10(11)8(9)3;1-7(2)9-6-10-5-4-8(9)3/h4-7H,11H2,1-3H3;4-7H,1-3H3. The molecule has 0 spiro atoms. The molecule has 2 nitrogen and oxygen atoms in total. The fraction of sp³-hybridized carbons (Fsp3) is 0.421.